The van der Waals surface area contributed by atoms with Crippen LogP contribution in [-0.4, -0.2) is 41.6 Å². The van der Waals surface area contributed by atoms with Gasteiger partial charge in [0.25, 0.3) is 0 Å². The third kappa shape index (κ3) is 3.60. The fourth-order valence-electron chi connectivity index (χ4n) is 3.73. The molecule has 0 aromatic carbocycles. The van der Waals surface area contributed by atoms with Crippen molar-refractivity contribution >= 4 is 11.3 Å². The van der Waals surface area contributed by atoms with Gasteiger partial charge in [-0.05, 0) is 25.7 Å². The number of rotatable bonds is 4. The van der Waals surface area contributed by atoms with Crippen LogP contribution in [0.2, 0.25) is 0 Å². The quantitative estimate of drug-likeness (QED) is 0.925. The van der Waals surface area contributed by atoms with E-state index in [4.69, 9.17) is 0 Å². The van der Waals surface area contributed by atoms with Crippen molar-refractivity contribution in [2.45, 2.75) is 57.5 Å². The van der Waals surface area contributed by atoms with Crippen LogP contribution in [0.1, 0.15) is 44.0 Å². The van der Waals surface area contributed by atoms with Crippen LogP contribution in [0.5, 0.6) is 0 Å². The molecular weight excluding hydrogens is 266 g/mol. The van der Waals surface area contributed by atoms with E-state index in [-0.39, 0.29) is 0 Å². The summed E-state index contributed by atoms with van der Waals surface area (Å²) >= 11 is 1.79. The van der Waals surface area contributed by atoms with Crippen LogP contribution in [0.25, 0.3) is 0 Å². The van der Waals surface area contributed by atoms with Crippen LogP contribution in [0, 0.1) is 5.92 Å². The molecule has 3 rings (SSSR count). The lowest BCUT2D eigenvalue weighted by atomic mass is 9.82. The van der Waals surface area contributed by atoms with Crippen molar-refractivity contribution in [1.29, 1.82) is 0 Å². The Balaban J connectivity index is 1.52. The maximum atomic E-state index is 4.41. The zero-order valence-electron chi connectivity index (χ0n) is 12.6. The van der Waals surface area contributed by atoms with Crippen molar-refractivity contribution in [1.82, 2.24) is 15.2 Å². The first-order chi connectivity index (χ1) is 9.83. The lowest BCUT2D eigenvalue weighted by Crippen LogP contribution is -2.58. The highest BCUT2D eigenvalue weighted by Gasteiger charge is 2.30. The molecule has 2 unspecified atom stereocenters. The van der Waals surface area contributed by atoms with E-state index in [1.54, 1.807) is 11.3 Å². The van der Waals surface area contributed by atoms with Gasteiger partial charge < -0.3 is 5.32 Å². The first-order valence-corrected chi connectivity index (χ1v) is 9.06. The van der Waals surface area contributed by atoms with Crippen molar-refractivity contribution in [3.63, 3.8) is 0 Å². The van der Waals surface area contributed by atoms with E-state index in [1.165, 1.54) is 50.2 Å². The van der Waals surface area contributed by atoms with Crippen LogP contribution < -0.4 is 5.32 Å². The number of aromatic nitrogens is 1. The van der Waals surface area contributed by atoms with Gasteiger partial charge >= 0.3 is 0 Å². The first kappa shape index (κ1) is 14.5. The van der Waals surface area contributed by atoms with Gasteiger partial charge in [-0.25, -0.2) is 4.98 Å². The maximum Gasteiger partial charge on any atom is 0.0937 e. The minimum absolute atomic E-state index is 0.662. The molecule has 0 radical (unpaired) electrons. The van der Waals surface area contributed by atoms with Crippen molar-refractivity contribution in [2.24, 2.45) is 5.92 Å². The highest BCUT2D eigenvalue weighted by atomic mass is 32.1. The van der Waals surface area contributed by atoms with E-state index in [1.807, 2.05) is 6.20 Å². The van der Waals surface area contributed by atoms with Gasteiger partial charge in [-0.3, -0.25) is 4.90 Å². The Hall–Kier alpha value is -0.450. The van der Waals surface area contributed by atoms with Gasteiger partial charge in [0.2, 0.25) is 0 Å². The van der Waals surface area contributed by atoms with Gasteiger partial charge in [-0.15, -0.1) is 11.3 Å². The number of piperazine rings is 1. The molecule has 2 heterocycles. The zero-order chi connectivity index (χ0) is 13.8. The summed E-state index contributed by atoms with van der Waals surface area (Å²) in [4.78, 5) is 7.09. The molecule has 1 aromatic rings. The van der Waals surface area contributed by atoms with E-state index in [9.17, 15) is 0 Å². The topological polar surface area (TPSA) is 28.2 Å². The molecule has 112 valence electrons. The van der Waals surface area contributed by atoms with Crippen molar-refractivity contribution < 1.29 is 0 Å². The molecule has 1 saturated carbocycles. The Morgan fingerprint density at radius 2 is 2.20 bits per heavy atom. The van der Waals surface area contributed by atoms with Crippen molar-refractivity contribution in [3.05, 3.63) is 16.6 Å². The smallest absolute Gasteiger partial charge is 0.0937 e. The average molecular weight is 293 g/mol. The molecule has 4 heteroatoms. The summed E-state index contributed by atoms with van der Waals surface area (Å²) < 4.78 is 0. The second-order valence-corrected chi connectivity index (χ2v) is 7.41. The van der Waals surface area contributed by atoms with Gasteiger partial charge in [0.05, 0.1) is 5.01 Å². The van der Waals surface area contributed by atoms with Gasteiger partial charge in [0.15, 0.2) is 0 Å². The van der Waals surface area contributed by atoms with Crippen LogP contribution >= 0.6 is 11.3 Å². The Kier molecular flexibility index (Phi) is 5.08. The molecular formula is C16H27N3S. The van der Waals surface area contributed by atoms with Crippen LogP contribution in [0.3, 0.4) is 0 Å². The second kappa shape index (κ2) is 7.01. The van der Waals surface area contributed by atoms with E-state index in [0.29, 0.717) is 6.04 Å². The van der Waals surface area contributed by atoms with Gasteiger partial charge in [-0.1, -0.05) is 19.3 Å². The van der Waals surface area contributed by atoms with Crippen molar-refractivity contribution in [2.75, 3.05) is 19.6 Å². The molecule has 0 spiro atoms. The molecule has 2 atom stereocenters. The van der Waals surface area contributed by atoms with Crippen LogP contribution in [0.15, 0.2) is 11.6 Å². The number of nitrogens with one attached hydrogen (secondary N) is 1. The van der Waals surface area contributed by atoms with Gasteiger partial charge in [0, 0.05) is 49.7 Å². The van der Waals surface area contributed by atoms with Crippen molar-refractivity contribution in [3.8, 4) is 0 Å². The minimum Gasteiger partial charge on any atom is -0.311 e. The third-order valence-electron chi connectivity index (χ3n) is 5.05. The van der Waals surface area contributed by atoms with E-state index in [2.05, 4.69) is 27.5 Å². The third-order valence-corrected chi connectivity index (χ3v) is 5.88. The largest absolute Gasteiger partial charge is 0.311 e. The lowest BCUT2D eigenvalue weighted by molar-refractivity contribution is 0.105. The predicted molar refractivity (Wildman–Crippen MR) is 85.2 cm³/mol. The second-order valence-electron chi connectivity index (χ2n) is 6.43. The lowest BCUT2D eigenvalue weighted by Gasteiger charge is -2.42. The van der Waals surface area contributed by atoms with Crippen LogP contribution in [0.4, 0.5) is 0 Å². The Morgan fingerprint density at radius 3 is 2.95 bits per heavy atom. The molecule has 1 N–H and O–H groups in total. The summed E-state index contributed by atoms with van der Waals surface area (Å²) in [5, 5.41) is 7.17. The summed E-state index contributed by atoms with van der Waals surface area (Å²) in [5.41, 5.74) is 0. The first-order valence-electron chi connectivity index (χ1n) is 8.19. The average Bonchev–Trinajstić information content (AvgIpc) is 3.01. The minimum atomic E-state index is 0.662. The maximum absolute atomic E-state index is 4.41. The number of nitrogens with zero attached hydrogens (tertiary/aromatic N) is 2. The van der Waals surface area contributed by atoms with Gasteiger partial charge in [0.1, 0.15) is 0 Å². The van der Waals surface area contributed by atoms with Gasteiger partial charge in [-0.2, -0.15) is 0 Å². The highest BCUT2D eigenvalue weighted by molar-refractivity contribution is 7.09. The molecule has 0 bridgehead atoms. The predicted octanol–water partition coefficient (Wildman–Crippen LogP) is 2.93. The summed E-state index contributed by atoms with van der Waals surface area (Å²) in [6.07, 6.45) is 10.2. The Bertz CT molecular complexity index is 386. The SMILES string of the molecule is CC1CNC(C2CCCCC2)CN1CCc1nccs1. The number of hydrogen-bond acceptors (Lipinski definition) is 4. The monoisotopic (exact) mass is 293 g/mol. The fraction of sp³-hybridized carbons (Fsp3) is 0.812. The molecule has 2 fully saturated rings. The zero-order valence-corrected chi connectivity index (χ0v) is 13.4. The van der Waals surface area contributed by atoms with E-state index in [0.717, 1.165) is 24.9 Å². The molecule has 1 saturated heterocycles. The standard InChI is InChI=1S/C16H27N3S/c1-13-11-18-15(14-5-3-2-4-6-14)12-19(13)9-7-16-17-8-10-20-16/h8,10,13-15,18H,2-7,9,11-12H2,1H3. The molecule has 0 amide bonds. The summed E-state index contributed by atoms with van der Waals surface area (Å²) in [7, 11) is 0. The van der Waals surface area contributed by atoms with Crippen LogP contribution in [-0.2, 0) is 6.42 Å². The normalized spacial score (nSPS) is 29.6. The van der Waals surface area contributed by atoms with E-state index < -0.39 is 0 Å². The molecule has 20 heavy (non-hydrogen) atoms. The summed E-state index contributed by atoms with van der Waals surface area (Å²) in [5.74, 6) is 0.915. The molecule has 1 aliphatic heterocycles. The summed E-state index contributed by atoms with van der Waals surface area (Å²) in [6.45, 7) is 5.90. The molecule has 1 aromatic heterocycles. The fourth-order valence-corrected chi connectivity index (χ4v) is 4.34. The van der Waals surface area contributed by atoms with E-state index >= 15 is 0 Å². The Morgan fingerprint density at radius 1 is 1.35 bits per heavy atom. The summed E-state index contributed by atoms with van der Waals surface area (Å²) in [6, 6.07) is 1.39. The molecule has 2 aliphatic rings. The number of hydrogen-bond donors (Lipinski definition) is 1. The Labute approximate surface area is 126 Å². The molecule has 1 aliphatic carbocycles. The molecule has 3 nitrogen and oxygen atoms in total. The number of thiazole rings is 1. The highest BCUT2D eigenvalue weighted by Crippen LogP contribution is 2.28.